The van der Waals surface area contributed by atoms with E-state index in [9.17, 15) is 4.39 Å². The van der Waals surface area contributed by atoms with Crippen LogP contribution in [0.25, 0.3) is 0 Å². The van der Waals surface area contributed by atoms with Crippen molar-refractivity contribution in [2.45, 2.75) is 52.2 Å². The normalized spacial score (nSPS) is 24.0. The van der Waals surface area contributed by atoms with Gasteiger partial charge in [-0.2, -0.15) is 0 Å². The summed E-state index contributed by atoms with van der Waals surface area (Å²) < 4.78 is 14.4. The molecule has 4 heteroatoms. The largest absolute Gasteiger partial charge is 0.311 e. The first-order chi connectivity index (χ1) is 9.81. The fraction of sp³-hybridized carbons (Fsp3) is 0.647. The van der Waals surface area contributed by atoms with Crippen molar-refractivity contribution in [1.29, 1.82) is 0 Å². The molecule has 21 heavy (non-hydrogen) atoms. The molecule has 0 bridgehead atoms. The van der Waals surface area contributed by atoms with Gasteiger partial charge in [-0.25, -0.2) is 4.39 Å². The van der Waals surface area contributed by atoms with Crippen LogP contribution in [0.1, 0.15) is 39.7 Å². The number of hydrogen-bond donors (Lipinski definition) is 1. The Labute approximate surface area is 136 Å². The highest BCUT2D eigenvalue weighted by Crippen LogP contribution is 2.26. The van der Waals surface area contributed by atoms with Crippen LogP contribution in [0, 0.1) is 11.7 Å². The zero-order valence-electron chi connectivity index (χ0n) is 13.4. The van der Waals surface area contributed by atoms with E-state index in [-0.39, 0.29) is 11.4 Å². The number of nitrogens with one attached hydrogen (secondary N) is 1. The molecule has 0 aliphatic carbocycles. The maximum Gasteiger partial charge on any atom is 0.124 e. The molecule has 0 aromatic heterocycles. The second-order valence-corrected chi connectivity index (χ2v) is 7.76. The molecule has 1 saturated heterocycles. The maximum absolute atomic E-state index is 13.6. The van der Waals surface area contributed by atoms with E-state index in [1.54, 1.807) is 6.07 Å². The summed E-state index contributed by atoms with van der Waals surface area (Å²) in [6.45, 7) is 11.8. The fourth-order valence-corrected chi connectivity index (χ4v) is 3.42. The molecule has 0 spiro atoms. The van der Waals surface area contributed by atoms with Crippen molar-refractivity contribution in [1.82, 2.24) is 10.2 Å². The zero-order chi connectivity index (χ0) is 15.6. The van der Waals surface area contributed by atoms with Gasteiger partial charge in [0.2, 0.25) is 0 Å². The van der Waals surface area contributed by atoms with Crippen molar-refractivity contribution in [2.24, 2.45) is 5.92 Å². The van der Waals surface area contributed by atoms with E-state index < -0.39 is 0 Å². The van der Waals surface area contributed by atoms with Crippen LogP contribution in [0.2, 0.25) is 0 Å². The molecule has 2 unspecified atom stereocenters. The van der Waals surface area contributed by atoms with Gasteiger partial charge in [0.05, 0.1) is 0 Å². The van der Waals surface area contributed by atoms with Gasteiger partial charge >= 0.3 is 0 Å². The Morgan fingerprint density at radius 3 is 2.76 bits per heavy atom. The minimum Gasteiger partial charge on any atom is -0.311 e. The lowest BCUT2D eigenvalue weighted by atomic mass is 9.90. The zero-order valence-corrected chi connectivity index (χ0v) is 15.0. The Morgan fingerprint density at radius 2 is 2.14 bits per heavy atom. The first-order valence-electron chi connectivity index (χ1n) is 7.75. The van der Waals surface area contributed by atoms with Crippen LogP contribution < -0.4 is 5.32 Å². The van der Waals surface area contributed by atoms with E-state index in [0.717, 1.165) is 29.7 Å². The van der Waals surface area contributed by atoms with Crippen molar-refractivity contribution >= 4 is 15.9 Å². The van der Waals surface area contributed by atoms with Gasteiger partial charge in [0.15, 0.2) is 0 Å². The summed E-state index contributed by atoms with van der Waals surface area (Å²) in [4.78, 5) is 2.47. The highest BCUT2D eigenvalue weighted by atomic mass is 79.9. The molecule has 2 nitrogen and oxygen atoms in total. The van der Waals surface area contributed by atoms with Gasteiger partial charge in [0.25, 0.3) is 0 Å². The summed E-state index contributed by atoms with van der Waals surface area (Å²) >= 11 is 3.38. The van der Waals surface area contributed by atoms with Gasteiger partial charge < -0.3 is 5.32 Å². The number of nitrogens with zero attached hydrogens (tertiary/aromatic N) is 1. The molecule has 1 N–H and O–H groups in total. The fourth-order valence-electron chi connectivity index (χ4n) is 2.91. The molecular weight excluding hydrogens is 331 g/mol. The Kier molecular flexibility index (Phi) is 5.44. The van der Waals surface area contributed by atoms with Gasteiger partial charge in [-0.1, -0.05) is 36.2 Å². The van der Waals surface area contributed by atoms with Crippen molar-refractivity contribution < 1.29 is 4.39 Å². The van der Waals surface area contributed by atoms with Crippen LogP contribution in [0.15, 0.2) is 22.7 Å². The molecule has 1 aliphatic heterocycles. The third-order valence-electron chi connectivity index (χ3n) is 4.70. The molecule has 0 amide bonds. The van der Waals surface area contributed by atoms with Crippen molar-refractivity contribution in [2.75, 3.05) is 13.1 Å². The molecule has 1 aromatic carbocycles. The quantitative estimate of drug-likeness (QED) is 0.869. The van der Waals surface area contributed by atoms with Crippen LogP contribution in [0.5, 0.6) is 0 Å². The molecular formula is C17H26BrFN2. The summed E-state index contributed by atoms with van der Waals surface area (Å²) in [6.07, 6.45) is 1.18. The second kappa shape index (κ2) is 6.76. The molecule has 1 fully saturated rings. The van der Waals surface area contributed by atoms with E-state index in [0.29, 0.717) is 12.0 Å². The minimum atomic E-state index is -0.175. The average molecular weight is 357 g/mol. The lowest BCUT2D eigenvalue weighted by Crippen LogP contribution is -2.62. The van der Waals surface area contributed by atoms with Gasteiger partial charge in [0.1, 0.15) is 5.82 Å². The number of piperazine rings is 1. The van der Waals surface area contributed by atoms with Gasteiger partial charge in [-0.15, -0.1) is 0 Å². The van der Waals surface area contributed by atoms with Gasteiger partial charge in [-0.3, -0.25) is 4.90 Å². The van der Waals surface area contributed by atoms with Crippen LogP contribution in [0.3, 0.4) is 0 Å². The van der Waals surface area contributed by atoms with Crippen LogP contribution in [-0.4, -0.2) is 29.6 Å². The summed E-state index contributed by atoms with van der Waals surface area (Å²) in [7, 11) is 0. The van der Waals surface area contributed by atoms with Gasteiger partial charge in [-0.05, 0) is 43.5 Å². The van der Waals surface area contributed by atoms with Gasteiger partial charge in [0, 0.05) is 35.7 Å². The molecule has 118 valence electrons. The molecule has 0 saturated carbocycles. The van der Waals surface area contributed by atoms with E-state index in [1.165, 1.54) is 12.5 Å². The molecule has 0 radical (unpaired) electrons. The molecule has 2 atom stereocenters. The summed E-state index contributed by atoms with van der Waals surface area (Å²) in [5.41, 5.74) is 1.11. The van der Waals surface area contributed by atoms with Crippen LogP contribution in [-0.2, 0) is 6.54 Å². The summed E-state index contributed by atoms with van der Waals surface area (Å²) in [5, 5.41) is 3.67. The van der Waals surface area contributed by atoms with E-state index >= 15 is 0 Å². The van der Waals surface area contributed by atoms with Crippen molar-refractivity contribution in [3.05, 3.63) is 34.1 Å². The van der Waals surface area contributed by atoms with Crippen molar-refractivity contribution in [3.63, 3.8) is 0 Å². The van der Waals surface area contributed by atoms with Crippen LogP contribution in [0.4, 0.5) is 4.39 Å². The van der Waals surface area contributed by atoms with E-state index in [2.05, 4.69) is 53.8 Å². The highest BCUT2D eigenvalue weighted by Gasteiger charge is 2.35. The van der Waals surface area contributed by atoms with E-state index in [4.69, 9.17) is 0 Å². The number of benzene rings is 1. The monoisotopic (exact) mass is 356 g/mol. The third kappa shape index (κ3) is 4.27. The maximum atomic E-state index is 13.6. The number of hydrogen-bond acceptors (Lipinski definition) is 2. The Morgan fingerprint density at radius 1 is 1.43 bits per heavy atom. The van der Waals surface area contributed by atoms with Crippen molar-refractivity contribution in [3.8, 4) is 0 Å². The Bertz CT molecular complexity index is 469. The molecule has 2 rings (SSSR count). The smallest absolute Gasteiger partial charge is 0.124 e. The molecule has 1 aromatic rings. The predicted molar refractivity (Wildman–Crippen MR) is 89.8 cm³/mol. The third-order valence-corrected chi connectivity index (χ3v) is 5.15. The summed E-state index contributed by atoms with van der Waals surface area (Å²) in [5.74, 6) is 0.480. The Hall–Kier alpha value is -0.450. The second-order valence-electron chi connectivity index (χ2n) is 6.84. The highest BCUT2D eigenvalue weighted by molar-refractivity contribution is 9.10. The standard InChI is InChI=1S/C17H26BrFN2/c1-5-12(2)16-10-21(17(3,4)11-20-16)9-13-6-14(18)8-15(19)7-13/h6-8,12,16,20H,5,9-11H2,1-4H3. The Balaban J connectivity index is 2.14. The lowest BCUT2D eigenvalue weighted by Gasteiger charge is -2.47. The topological polar surface area (TPSA) is 15.3 Å². The number of rotatable bonds is 4. The average Bonchev–Trinajstić information content (AvgIpc) is 2.39. The molecule has 1 heterocycles. The van der Waals surface area contributed by atoms with E-state index in [1.807, 2.05) is 6.07 Å². The molecule has 1 aliphatic rings. The SMILES string of the molecule is CCC(C)C1CN(Cc2cc(F)cc(Br)c2)C(C)(C)CN1. The lowest BCUT2D eigenvalue weighted by molar-refractivity contribution is 0.0448. The predicted octanol–water partition coefficient (Wildman–Crippen LogP) is 4.19. The van der Waals surface area contributed by atoms with Crippen LogP contribution >= 0.6 is 15.9 Å². The minimum absolute atomic E-state index is 0.0861. The first-order valence-corrected chi connectivity index (χ1v) is 8.54. The number of halogens is 2. The summed E-state index contributed by atoms with van der Waals surface area (Å²) in [6, 6.07) is 5.68. The first kappa shape index (κ1) is 16.9.